The van der Waals surface area contributed by atoms with Crippen molar-refractivity contribution in [3.8, 4) is 0 Å². The van der Waals surface area contributed by atoms with Gasteiger partial charge in [0.2, 0.25) is 11.8 Å². The molecule has 1 aromatic carbocycles. The lowest BCUT2D eigenvalue weighted by Crippen LogP contribution is -2.51. The second-order valence-electron chi connectivity index (χ2n) is 6.47. The van der Waals surface area contributed by atoms with Crippen molar-refractivity contribution in [3.63, 3.8) is 0 Å². The normalized spacial score (nSPS) is 14.6. The molecule has 0 N–H and O–H groups in total. The Balaban J connectivity index is 1.96. The SMILES string of the molecule is CCn1c(=O)c2ccc(Cl)cc2n(CC(=O)N2CCN(C(C)=O)CC2)c1=O. The van der Waals surface area contributed by atoms with Crippen LogP contribution in [-0.2, 0) is 22.7 Å². The van der Waals surface area contributed by atoms with E-state index in [-0.39, 0.29) is 24.9 Å². The number of carbonyl (C=O) groups excluding carboxylic acids is 2. The highest BCUT2D eigenvalue weighted by molar-refractivity contribution is 6.31. The van der Waals surface area contributed by atoms with Crippen molar-refractivity contribution in [2.75, 3.05) is 26.2 Å². The van der Waals surface area contributed by atoms with Gasteiger partial charge in [0.15, 0.2) is 0 Å². The van der Waals surface area contributed by atoms with Gasteiger partial charge in [-0.2, -0.15) is 0 Å². The molecule has 0 spiro atoms. The van der Waals surface area contributed by atoms with Gasteiger partial charge in [-0.3, -0.25) is 23.5 Å². The van der Waals surface area contributed by atoms with Crippen LogP contribution >= 0.6 is 11.6 Å². The quantitative estimate of drug-likeness (QED) is 0.762. The van der Waals surface area contributed by atoms with Gasteiger partial charge >= 0.3 is 5.69 Å². The van der Waals surface area contributed by atoms with E-state index >= 15 is 0 Å². The molecule has 1 fully saturated rings. The van der Waals surface area contributed by atoms with Crippen LogP contribution in [0.5, 0.6) is 0 Å². The minimum Gasteiger partial charge on any atom is -0.339 e. The molecular formula is C18H21ClN4O4. The molecule has 0 aliphatic carbocycles. The van der Waals surface area contributed by atoms with E-state index in [2.05, 4.69) is 0 Å². The highest BCUT2D eigenvalue weighted by Gasteiger charge is 2.24. The molecule has 2 heterocycles. The van der Waals surface area contributed by atoms with Gasteiger partial charge in [-0.05, 0) is 25.1 Å². The van der Waals surface area contributed by atoms with Crippen molar-refractivity contribution in [2.45, 2.75) is 26.9 Å². The van der Waals surface area contributed by atoms with Crippen molar-refractivity contribution >= 4 is 34.3 Å². The average molecular weight is 393 g/mol. The molecule has 0 radical (unpaired) electrons. The van der Waals surface area contributed by atoms with Crippen LogP contribution < -0.4 is 11.2 Å². The van der Waals surface area contributed by atoms with E-state index < -0.39 is 11.2 Å². The number of rotatable bonds is 3. The maximum absolute atomic E-state index is 12.8. The number of piperazine rings is 1. The van der Waals surface area contributed by atoms with Gasteiger partial charge in [0.25, 0.3) is 5.56 Å². The summed E-state index contributed by atoms with van der Waals surface area (Å²) < 4.78 is 2.41. The summed E-state index contributed by atoms with van der Waals surface area (Å²) in [5.74, 6) is -0.253. The van der Waals surface area contributed by atoms with Crippen LogP contribution in [0, 0.1) is 0 Å². The third-order valence-corrected chi connectivity index (χ3v) is 5.11. The van der Waals surface area contributed by atoms with Crippen LogP contribution in [0.2, 0.25) is 5.02 Å². The molecule has 2 aromatic rings. The molecule has 0 saturated carbocycles. The molecule has 1 aromatic heterocycles. The van der Waals surface area contributed by atoms with Crippen molar-refractivity contribution in [3.05, 3.63) is 44.1 Å². The van der Waals surface area contributed by atoms with E-state index in [4.69, 9.17) is 11.6 Å². The molecular weight excluding hydrogens is 372 g/mol. The van der Waals surface area contributed by atoms with Crippen molar-refractivity contribution < 1.29 is 9.59 Å². The first-order valence-corrected chi connectivity index (χ1v) is 9.17. The van der Waals surface area contributed by atoms with Crippen molar-refractivity contribution in [1.29, 1.82) is 0 Å². The third kappa shape index (κ3) is 3.62. The van der Waals surface area contributed by atoms with Gasteiger partial charge in [-0.25, -0.2) is 4.79 Å². The summed E-state index contributed by atoms with van der Waals surface area (Å²) in [6.45, 7) is 5.00. The first kappa shape index (κ1) is 19.2. The maximum atomic E-state index is 12.8. The topological polar surface area (TPSA) is 84.6 Å². The van der Waals surface area contributed by atoms with E-state index in [1.165, 1.54) is 17.6 Å². The Morgan fingerprint density at radius 1 is 1.04 bits per heavy atom. The molecule has 144 valence electrons. The Morgan fingerprint density at radius 2 is 1.67 bits per heavy atom. The molecule has 0 bridgehead atoms. The van der Waals surface area contributed by atoms with Gasteiger partial charge in [-0.15, -0.1) is 0 Å². The number of amides is 2. The molecule has 9 heteroatoms. The number of hydrogen-bond donors (Lipinski definition) is 0. The van der Waals surface area contributed by atoms with E-state index in [0.717, 1.165) is 4.57 Å². The van der Waals surface area contributed by atoms with Crippen LogP contribution in [0.3, 0.4) is 0 Å². The molecule has 2 amide bonds. The number of aromatic nitrogens is 2. The number of hydrogen-bond acceptors (Lipinski definition) is 4. The van der Waals surface area contributed by atoms with E-state index in [1.807, 2.05) is 0 Å². The first-order valence-electron chi connectivity index (χ1n) is 8.79. The molecule has 0 atom stereocenters. The Labute approximate surface area is 160 Å². The van der Waals surface area contributed by atoms with E-state index in [0.29, 0.717) is 42.1 Å². The Bertz CT molecular complexity index is 1020. The zero-order chi connectivity index (χ0) is 19.7. The fraction of sp³-hybridized carbons (Fsp3) is 0.444. The van der Waals surface area contributed by atoms with Gasteiger partial charge < -0.3 is 9.80 Å². The Kier molecular flexibility index (Phi) is 5.36. The van der Waals surface area contributed by atoms with E-state index in [1.54, 1.807) is 28.9 Å². The van der Waals surface area contributed by atoms with Crippen LogP contribution in [0.1, 0.15) is 13.8 Å². The molecule has 27 heavy (non-hydrogen) atoms. The van der Waals surface area contributed by atoms with Crippen LogP contribution in [-0.4, -0.2) is 56.9 Å². The summed E-state index contributed by atoms with van der Waals surface area (Å²) in [6.07, 6.45) is 0. The van der Waals surface area contributed by atoms with Gasteiger partial charge in [0.1, 0.15) is 6.54 Å². The Morgan fingerprint density at radius 3 is 2.26 bits per heavy atom. The largest absolute Gasteiger partial charge is 0.339 e. The Hall–Kier alpha value is -2.61. The van der Waals surface area contributed by atoms with Crippen molar-refractivity contribution in [1.82, 2.24) is 18.9 Å². The lowest BCUT2D eigenvalue weighted by Gasteiger charge is -2.34. The lowest BCUT2D eigenvalue weighted by molar-refractivity contribution is -0.138. The smallest absolute Gasteiger partial charge is 0.331 e. The standard InChI is InChI=1S/C18H21ClN4O4/c1-3-22-17(26)14-5-4-13(19)10-15(14)23(18(22)27)11-16(25)21-8-6-20(7-9-21)12(2)24/h4-5,10H,3,6-9,11H2,1-2H3. The molecule has 8 nitrogen and oxygen atoms in total. The van der Waals surface area contributed by atoms with Crippen LogP contribution in [0.25, 0.3) is 10.9 Å². The summed E-state index contributed by atoms with van der Waals surface area (Å²) in [7, 11) is 0. The summed E-state index contributed by atoms with van der Waals surface area (Å²) in [5, 5.41) is 0.724. The van der Waals surface area contributed by atoms with Crippen molar-refractivity contribution in [2.24, 2.45) is 0 Å². The highest BCUT2D eigenvalue weighted by Crippen LogP contribution is 2.16. The fourth-order valence-electron chi connectivity index (χ4n) is 3.33. The number of benzene rings is 1. The zero-order valence-corrected chi connectivity index (χ0v) is 16.0. The molecule has 1 aliphatic heterocycles. The second-order valence-corrected chi connectivity index (χ2v) is 6.90. The monoisotopic (exact) mass is 392 g/mol. The summed E-state index contributed by atoms with van der Waals surface area (Å²) in [5.41, 5.74) is -0.584. The zero-order valence-electron chi connectivity index (χ0n) is 15.3. The van der Waals surface area contributed by atoms with Gasteiger partial charge in [0.05, 0.1) is 10.9 Å². The number of nitrogens with zero attached hydrogens (tertiary/aromatic N) is 4. The predicted molar refractivity (Wildman–Crippen MR) is 102 cm³/mol. The molecule has 1 aliphatic rings. The minimum atomic E-state index is -0.534. The second kappa shape index (κ2) is 7.56. The summed E-state index contributed by atoms with van der Waals surface area (Å²) in [6, 6.07) is 4.68. The van der Waals surface area contributed by atoms with Crippen LogP contribution in [0.15, 0.2) is 27.8 Å². The average Bonchev–Trinajstić information content (AvgIpc) is 2.65. The number of carbonyl (C=O) groups is 2. The molecule has 1 saturated heterocycles. The predicted octanol–water partition coefficient (Wildman–Crippen LogP) is 0.527. The maximum Gasteiger partial charge on any atom is 0.331 e. The highest BCUT2D eigenvalue weighted by atomic mass is 35.5. The first-order chi connectivity index (χ1) is 12.8. The summed E-state index contributed by atoms with van der Waals surface area (Å²) >= 11 is 6.04. The minimum absolute atomic E-state index is 0.0195. The van der Waals surface area contributed by atoms with Gasteiger partial charge in [0, 0.05) is 44.7 Å². The fourth-order valence-corrected chi connectivity index (χ4v) is 3.49. The lowest BCUT2D eigenvalue weighted by atomic mass is 10.2. The number of fused-ring (bicyclic) bond motifs is 1. The van der Waals surface area contributed by atoms with Crippen LogP contribution in [0.4, 0.5) is 0 Å². The summed E-state index contributed by atoms with van der Waals surface area (Å²) in [4.78, 5) is 52.8. The molecule has 3 rings (SSSR count). The van der Waals surface area contributed by atoms with Gasteiger partial charge in [-0.1, -0.05) is 11.6 Å². The number of halogens is 1. The molecule has 0 unspecified atom stereocenters. The third-order valence-electron chi connectivity index (χ3n) is 4.88. The van der Waals surface area contributed by atoms with E-state index in [9.17, 15) is 19.2 Å².